The van der Waals surface area contributed by atoms with Gasteiger partial charge in [0.25, 0.3) is 0 Å². The van der Waals surface area contributed by atoms with Crippen LogP contribution in [0.5, 0.6) is 11.5 Å². The average Bonchev–Trinajstić information content (AvgIpc) is 2.83. The lowest BCUT2D eigenvalue weighted by Gasteiger charge is -2.14. The molecular weight excluding hydrogens is 384 g/mol. The highest BCUT2D eigenvalue weighted by Crippen LogP contribution is 2.30. The van der Waals surface area contributed by atoms with E-state index in [1.165, 1.54) is 16.3 Å². The van der Waals surface area contributed by atoms with Gasteiger partial charge in [-0.2, -0.15) is 5.10 Å². The molecule has 31 heavy (non-hydrogen) atoms. The predicted octanol–water partition coefficient (Wildman–Crippen LogP) is 6.21. The van der Waals surface area contributed by atoms with E-state index in [1.54, 1.807) is 7.11 Å². The fourth-order valence-electron chi connectivity index (χ4n) is 3.54. The lowest BCUT2D eigenvalue weighted by molar-refractivity contribution is 0.285. The molecule has 0 heterocycles. The normalized spacial score (nSPS) is 11.1. The molecule has 0 amide bonds. The second kappa shape index (κ2) is 9.35. The van der Waals surface area contributed by atoms with Gasteiger partial charge < -0.3 is 9.47 Å². The number of anilines is 1. The van der Waals surface area contributed by atoms with Crippen molar-refractivity contribution in [3.8, 4) is 11.5 Å². The zero-order valence-corrected chi connectivity index (χ0v) is 18.1. The lowest BCUT2D eigenvalue weighted by atomic mass is 10.0. The molecule has 0 bridgehead atoms. The molecule has 0 aliphatic rings. The molecule has 0 N–H and O–H groups in total. The molecule has 0 fully saturated rings. The van der Waals surface area contributed by atoms with Gasteiger partial charge >= 0.3 is 0 Å². The fraction of sp³-hybridized carbons (Fsp3) is 0.148. The summed E-state index contributed by atoms with van der Waals surface area (Å²) >= 11 is 0. The number of aryl methyl sites for hydroxylation is 1. The minimum atomic E-state index is 0.474. The van der Waals surface area contributed by atoms with E-state index in [0.717, 1.165) is 16.8 Å². The third-order valence-corrected chi connectivity index (χ3v) is 5.31. The molecule has 4 heteroatoms. The fourth-order valence-corrected chi connectivity index (χ4v) is 3.54. The molecule has 0 spiro atoms. The number of benzene rings is 4. The minimum absolute atomic E-state index is 0.474. The summed E-state index contributed by atoms with van der Waals surface area (Å²) in [5.74, 6) is 1.39. The topological polar surface area (TPSA) is 34.1 Å². The Morgan fingerprint density at radius 1 is 0.839 bits per heavy atom. The Kier molecular flexibility index (Phi) is 6.18. The van der Waals surface area contributed by atoms with Crippen molar-refractivity contribution in [1.82, 2.24) is 0 Å². The number of fused-ring (bicyclic) bond motifs is 1. The van der Waals surface area contributed by atoms with Crippen LogP contribution < -0.4 is 14.5 Å². The summed E-state index contributed by atoms with van der Waals surface area (Å²) in [5.41, 5.74) is 4.38. The summed E-state index contributed by atoms with van der Waals surface area (Å²) in [6.45, 7) is 2.60. The first-order valence-electron chi connectivity index (χ1n) is 10.3. The molecular formula is C27H26N2O2. The molecule has 0 aliphatic carbocycles. The van der Waals surface area contributed by atoms with E-state index in [9.17, 15) is 0 Å². The van der Waals surface area contributed by atoms with Crippen LogP contribution in [-0.2, 0) is 6.61 Å². The second-order valence-electron chi connectivity index (χ2n) is 7.39. The number of hydrogen-bond acceptors (Lipinski definition) is 4. The first kappa shape index (κ1) is 20.5. The van der Waals surface area contributed by atoms with E-state index >= 15 is 0 Å². The molecule has 0 radical (unpaired) electrons. The number of hydrogen-bond donors (Lipinski definition) is 0. The van der Waals surface area contributed by atoms with E-state index in [4.69, 9.17) is 9.47 Å². The van der Waals surface area contributed by atoms with Gasteiger partial charge in [-0.05, 0) is 64.7 Å². The number of ether oxygens (including phenoxy) is 2. The van der Waals surface area contributed by atoms with Crippen molar-refractivity contribution < 1.29 is 9.47 Å². The Hall–Kier alpha value is -3.79. The van der Waals surface area contributed by atoms with Gasteiger partial charge in [0.15, 0.2) is 11.5 Å². The lowest BCUT2D eigenvalue weighted by Crippen LogP contribution is -2.08. The van der Waals surface area contributed by atoms with Crippen LogP contribution in [0, 0.1) is 6.92 Å². The summed E-state index contributed by atoms with van der Waals surface area (Å²) in [4.78, 5) is 0. The van der Waals surface area contributed by atoms with Gasteiger partial charge in [0, 0.05) is 7.05 Å². The van der Waals surface area contributed by atoms with Gasteiger partial charge in [-0.3, -0.25) is 5.01 Å². The molecule has 4 aromatic rings. The third-order valence-electron chi connectivity index (χ3n) is 5.31. The van der Waals surface area contributed by atoms with E-state index in [-0.39, 0.29) is 0 Å². The van der Waals surface area contributed by atoms with Crippen molar-refractivity contribution >= 4 is 22.7 Å². The van der Waals surface area contributed by atoms with Crippen molar-refractivity contribution in [2.75, 3.05) is 19.2 Å². The minimum Gasteiger partial charge on any atom is -0.493 e. The maximum Gasteiger partial charge on any atom is 0.161 e. The summed E-state index contributed by atoms with van der Waals surface area (Å²) in [6.07, 6.45) is 1.81. The van der Waals surface area contributed by atoms with Gasteiger partial charge in [-0.25, -0.2) is 0 Å². The molecule has 0 unspecified atom stereocenters. The Bertz CT molecular complexity index is 1200. The van der Waals surface area contributed by atoms with Crippen LogP contribution in [0.3, 0.4) is 0 Å². The zero-order valence-electron chi connectivity index (χ0n) is 18.1. The number of para-hydroxylation sites is 1. The first-order chi connectivity index (χ1) is 15.2. The van der Waals surface area contributed by atoms with Crippen LogP contribution in [0.1, 0.15) is 16.7 Å². The monoisotopic (exact) mass is 410 g/mol. The Balaban J connectivity index is 1.50. The van der Waals surface area contributed by atoms with Crippen LogP contribution >= 0.6 is 0 Å². The molecule has 0 aliphatic heterocycles. The second-order valence-corrected chi connectivity index (χ2v) is 7.39. The standard InChI is InChI=1S/C27H26N2O2/c1-20-13-15-22(25-12-8-7-11-24(20)25)19-31-26-16-14-21(17-27(26)30-3)18-28-29(2)23-9-5-4-6-10-23/h4-18H,19H2,1-3H3. The maximum absolute atomic E-state index is 6.13. The van der Waals surface area contributed by atoms with Crippen molar-refractivity contribution in [2.45, 2.75) is 13.5 Å². The smallest absolute Gasteiger partial charge is 0.161 e. The van der Waals surface area contributed by atoms with Crippen molar-refractivity contribution in [1.29, 1.82) is 0 Å². The Morgan fingerprint density at radius 2 is 1.58 bits per heavy atom. The van der Waals surface area contributed by atoms with Gasteiger partial charge in [-0.15, -0.1) is 0 Å². The summed E-state index contributed by atoms with van der Waals surface area (Å²) in [5, 5.41) is 8.82. The third kappa shape index (κ3) is 4.69. The molecule has 4 aromatic carbocycles. The van der Waals surface area contributed by atoms with Crippen LogP contribution in [0.15, 0.2) is 90.0 Å². The molecule has 0 saturated carbocycles. The van der Waals surface area contributed by atoms with E-state index in [2.05, 4.69) is 48.4 Å². The number of rotatable bonds is 7. The Labute approximate surface area is 183 Å². The number of methoxy groups -OCH3 is 1. The number of nitrogens with zero attached hydrogens (tertiary/aromatic N) is 2. The van der Waals surface area contributed by atoms with Gasteiger partial charge in [-0.1, -0.05) is 54.6 Å². The SMILES string of the molecule is COc1cc(C=NN(C)c2ccccc2)ccc1OCc1ccc(C)c2ccccc12. The molecule has 0 aromatic heterocycles. The highest BCUT2D eigenvalue weighted by molar-refractivity contribution is 5.88. The van der Waals surface area contributed by atoms with E-state index in [1.807, 2.05) is 66.8 Å². The van der Waals surface area contributed by atoms with Crippen LogP contribution in [0.25, 0.3) is 10.8 Å². The highest BCUT2D eigenvalue weighted by Gasteiger charge is 2.08. The van der Waals surface area contributed by atoms with E-state index in [0.29, 0.717) is 18.1 Å². The average molecular weight is 411 g/mol. The highest BCUT2D eigenvalue weighted by atomic mass is 16.5. The number of hydrazone groups is 1. The van der Waals surface area contributed by atoms with Crippen molar-refractivity contribution in [3.63, 3.8) is 0 Å². The summed E-state index contributed by atoms with van der Waals surface area (Å²) in [7, 11) is 3.58. The summed E-state index contributed by atoms with van der Waals surface area (Å²) in [6, 6.07) is 28.5. The first-order valence-corrected chi connectivity index (χ1v) is 10.3. The van der Waals surface area contributed by atoms with Crippen molar-refractivity contribution in [2.24, 2.45) is 5.10 Å². The molecule has 156 valence electrons. The largest absolute Gasteiger partial charge is 0.493 e. The van der Waals surface area contributed by atoms with E-state index < -0.39 is 0 Å². The quantitative estimate of drug-likeness (QED) is 0.268. The van der Waals surface area contributed by atoms with Gasteiger partial charge in [0.05, 0.1) is 19.0 Å². The summed E-state index contributed by atoms with van der Waals surface area (Å²) < 4.78 is 11.7. The maximum atomic E-state index is 6.13. The molecule has 4 rings (SSSR count). The zero-order chi connectivity index (χ0) is 21.6. The van der Waals surface area contributed by atoms with Crippen LogP contribution in [-0.4, -0.2) is 20.4 Å². The van der Waals surface area contributed by atoms with Crippen molar-refractivity contribution in [3.05, 3.63) is 102 Å². The van der Waals surface area contributed by atoms with Gasteiger partial charge in [0.2, 0.25) is 0 Å². The van der Waals surface area contributed by atoms with Crippen LogP contribution in [0.4, 0.5) is 5.69 Å². The molecule has 0 atom stereocenters. The van der Waals surface area contributed by atoms with Crippen LogP contribution in [0.2, 0.25) is 0 Å². The Morgan fingerprint density at radius 3 is 2.35 bits per heavy atom. The predicted molar refractivity (Wildman–Crippen MR) is 128 cm³/mol. The van der Waals surface area contributed by atoms with Gasteiger partial charge in [0.1, 0.15) is 6.61 Å². The molecule has 0 saturated heterocycles. The molecule has 4 nitrogen and oxygen atoms in total.